The van der Waals surface area contributed by atoms with Crippen LogP contribution in [0.2, 0.25) is 0 Å². The maximum absolute atomic E-state index is 5.84. The zero-order valence-corrected chi connectivity index (χ0v) is 9.03. The Kier molecular flexibility index (Phi) is 2.52. The summed E-state index contributed by atoms with van der Waals surface area (Å²) in [6.45, 7) is 4.09. The van der Waals surface area contributed by atoms with Crippen molar-refractivity contribution in [2.75, 3.05) is 24.7 Å². The minimum atomic E-state index is 0.0219. The summed E-state index contributed by atoms with van der Waals surface area (Å²) in [4.78, 5) is 0. The van der Waals surface area contributed by atoms with Crippen molar-refractivity contribution >= 4 is 5.95 Å². The first-order valence-corrected chi connectivity index (χ1v) is 5.37. The number of hydrogen-bond acceptors (Lipinski definition) is 5. The Bertz CT molecular complexity index is 338. The average molecular weight is 210 g/mol. The van der Waals surface area contributed by atoms with Crippen LogP contribution in [-0.4, -0.2) is 28.0 Å². The third-order valence-corrected chi connectivity index (χ3v) is 3.17. The van der Waals surface area contributed by atoms with E-state index in [9.17, 15) is 0 Å². The average Bonchev–Trinajstić information content (AvgIpc) is 2.78. The predicted octanol–water partition coefficient (Wildman–Crippen LogP) is -0.395. The van der Waals surface area contributed by atoms with Crippen LogP contribution in [0.5, 0.6) is 0 Å². The zero-order valence-electron chi connectivity index (χ0n) is 9.03. The van der Waals surface area contributed by atoms with Crippen LogP contribution in [0.4, 0.5) is 5.95 Å². The van der Waals surface area contributed by atoms with Gasteiger partial charge < -0.3 is 16.9 Å². The summed E-state index contributed by atoms with van der Waals surface area (Å²) < 4.78 is 1.42. The van der Waals surface area contributed by atoms with E-state index in [2.05, 4.69) is 22.4 Å². The van der Waals surface area contributed by atoms with Gasteiger partial charge in [-0.1, -0.05) is 13.3 Å². The standard InChI is InChI=1S/C9H18N6/c1-2-3-9(4-5-12-6-9)7-13-14-8(10)15(7)11/h12H,2-6,11H2,1H3,(H2,10,14). The van der Waals surface area contributed by atoms with E-state index in [1.165, 1.54) is 4.68 Å². The molecule has 2 heterocycles. The Morgan fingerprint density at radius 1 is 1.53 bits per heavy atom. The molecule has 1 unspecified atom stereocenters. The van der Waals surface area contributed by atoms with E-state index in [1.54, 1.807) is 0 Å². The first kappa shape index (κ1) is 10.2. The van der Waals surface area contributed by atoms with Gasteiger partial charge in [0.15, 0.2) is 5.82 Å². The molecule has 1 fully saturated rings. The molecule has 0 spiro atoms. The van der Waals surface area contributed by atoms with E-state index in [4.69, 9.17) is 11.6 Å². The van der Waals surface area contributed by atoms with Crippen molar-refractivity contribution in [3.05, 3.63) is 5.82 Å². The Labute approximate surface area is 89.0 Å². The first-order chi connectivity index (χ1) is 7.19. The second-order valence-electron chi connectivity index (χ2n) is 4.21. The minimum absolute atomic E-state index is 0.0219. The van der Waals surface area contributed by atoms with E-state index in [1.807, 2.05) is 0 Å². The molecule has 15 heavy (non-hydrogen) atoms. The molecule has 2 rings (SSSR count). The highest BCUT2D eigenvalue weighted by atomic mass is 15.5. The van der Waals surface area contributed by atoms with Crippen LogP contribution in [0.15, 0.2) is 0 Å². The van der Waals surface area contributed by atoms with Gasteiger partial charge in [0.25, 0.3) is 0 Å². The number of nitrogens with one attached hydrogen (secondary N) is 1. The van der Waals surface area contributed by atoms with Crippen LogP contribution in [0, 0.1) is 0 Å². The Morgan fingerprint density at radius 3 is 2.80 bits per heavy atom. The highest BCUT2D eigenvalue weighted by Gasteiger charge is 2.39. The van der Waals surface area contributed by atoms with Crippen molar-refractivity contribution in [1.29, 1.82) is 0 Å². The molecule has 0 aliphatic carbocycles. The van der Waals surface area contributed by atoms with Crippen molar-refractivity contribution in [1.82, 2.24) is 20.2 Å². The molecular formula is C9H18N6. The minimum Gasteiger partial charge on any atom is -0.366 e. The highest BCUT2D eigenvalue weighted by molar-refractivity contribution is 5.23. The highest BCUT2D eigenvalue weighted by Crippen LogP contribution is 2.33. The molecule has 1 atom stereocenters. The summed E-state index contributed by atoms with van der Waals surface area (Å²) in [5.41, 5.74) is 5.63. The lowest BCUT2D eigenvalue weighted by atomic mass is 9.82. The second-order valence-corrected chi connectivity index (χ2v) is 4.21. The summed E-state index contributed by atoms with van der Waals surface area (Å²) >= 11 is 0. The van der Waals surface area contributed by atoms with Gasteiger partial charge in [0.05, 0.1) is 0 Å². The van der Waals surface area contributed by atoms with Crippen LogP contribution in [-0.2, 0) is 5.41 Å². The number of nitrogens with two attached hydrogens (primary N) is 2. The molecule has 1 aliphatic heterocycles. The van der Waals surface area contributed by atoms with Gasteiger partial charge in [0.2, 0.25) is 5.95 Å². The van der Waals surface area contributed by atoms with Crippen LogP contribution >= 0.6 is 0 Å². The zero-order chi connectivity index (χ0) is 10.9. The molecule has 0 amide bonds. The predicted molar refractivity (Wildman–Crippen MR) is 58.7 cm³/mol. The summed E-state index contributed by atoms with van der Waals surface area (Å²) in [7, 11) is 0. The Balaban J connectivity index is 2.36. The smallest absolute Gasteiger partial charge is 0.240 e. The maximum Gasteiger partial charge on any atom is 0.240 e. The molecule has 1 aliphatic rings. The lowest BCUT2D eigenvalue weighted by Gasteiger charge is -2.25. The van der Waals surface area contributed by atoms with Gasteiger partial charge in [-0.25, -0.2) is 4.68 Å². The number of hydrogen-bond donors (Lipinski definition) is 3. The van der Waals surface area contributed by atoms with Crippen LogP contribution < -0.4 is 16.9 Å². The molecule has 0 aromatic carbocycles. The van der Waals surface area contributed by atoms with E-state index >= 15 is 0 Å². The van der Waals surface area contributed by atoms with Crippen LogP contribution in [0.25, 0.3) is 0 Å². The molecule has 6 heteroatoms. The fourth-order valence-corrected chi connectivity index (χ4v) is 2.40. The molecule has 0 bridgehead atoms. The topological polar surface area (TPSA) is 94.8 Å². The number of rotatable bonds is 3. The van der Waals surface area contributed by atoms with Gasteiger partial charge in [-0.05, 0) is 19.4 Å². The van der Waals surface area contributed by atoms with Crippen LogP contribution in [0.3, 0.4) is 0 Å². The largest absolute Gasteiger partial charge is 0.366 e. The lowest BCUT2D eigenvalue weighted by molar-refractivity contribution is 0.393. The first-order valence-electron chi connectivity index (χ1n) is 5.37. The van der Waals surface area contributed by atoms with Crippen molar-refractivity contribution in [2.24, 2.45) is 0 Å². The molecular weight excluding hydrogens is 192 g/mol. The fourth-order valence-electron chi connectivity index (χ4n) is 2.40. The SMILES string of the molecule is CCCC1(c2nnc(N)n2N)CCNC1. The number of nitrogens with zero attached hydrogens (tertiary/aromatic N) is 3. The molecule has 5 N–H and O–H groups in total. The Hall–Kier alpha value is -1.30. The Morgan fingerprint density at radius 2 is 2.33 bits per heavy atom. The van der Waals surface area contributed by atoms with Gasteiger partial charge in [0, 0.05) is 12.0 Å². The van der Waals surface area contributed by atoms with Gasteiger partial charge in [0.1, 0.15) is 0 Å². The molecule has 1 aromatic rings. The van der Waals surface area contributed by atoms with Gasteiger partial charge >= 0.3 is 0 Å². The van der Waals surface area contributed by atoms with Gasteiger partial charge in [-0.15, -0.1) is 10.2 Å². The molecule has 1 aromatic heterocycles. The fraction of sp³-hybridized carbons (Fsp3) is 0.778. The summed E-state index contributed by atoms with van der Waals surface area (Å²) in [6.07, 6.45) is 3.22. The van der Waals surface area contributed by atoms with E-state index in [0.717, 1.165) is 38.2 Å². The molecule has 84 valence electrons. The second kappa shape index (κ2) is 3.69. The molecule has 0 radical (unpaired) electrons. The van der Waals surface area contributed by atoms with Crippen LogP contribution in [0.1, 0.15) is 32.0 Å². The normalized spacial score (nSPS) is 25.9. The monoisotopic (exact) mass is 210 g/mol. The number of nitrogen functional groups attached to an aromatic ring is 2. The van der Waals surface area contributed by atoms with Gasteiger partial charge in [-0.2, -0.15) is 0 Å². The number of anilines is 1. The quantitative estimate of drug-likeness (QED) is 0.590. The van der Waals surface area contributed by atoms with E-state index in [0.29, 0.717) is 0 Å². The van der Waals surface area contributed by atoms with Gasteiger partial charge in [-0.3, -0.25) is 0 Å². The molecule has 0 saturated carbocycles. The number of aromatic nitrogens is 3. The van der Waals surface area contributed by atoms with E-state index in [-0.39, 0.29) is 11.4 Å². The third kappa shape index (κ3) is 1.54. The molecule has 6 nitrogen and oxygen atoms in total. The summed E-state index contributed by atoms with van der Waals surface area (Å²) in [6, 6.07) is 0. The molecule has 1 saturated heterocycles. The summed E-state index contributed by atoms with van der Waals surface area (Å²) in [5, 5.41) is 11.3. The summed E-state index contributed by atoms with van der Waals surface area (Å²) in [5.74, 6) is 6.93. The van der Waals surface area contributed by atoms with E-state index < -0.39 is 0 Å². The lowest BCUT2D eigenvalue weighted by Crippen LogP contribution is -2.34. The van der Waals surface area contributed by atoms with Crippen molar-refractivity contribution in [2.45, 2.75) is 31.6 Å². The van der Waals surface area contributed by atoms with Crippen molar-refractivity contribution in [3.8, 4) is 0 Å². The van der Waals surface area contributed by atoms with Crippen molar-refractivity contribution in [3.63, 3.8) is 0 Å². The maximum atomic E-state index is 5.84. The van der Waals surface area contributed by atoms with Crippen molar-refractivity contribution < 1.29 is 0 Å². The third-order valence-electron chi connectivity index (χ3n) is 3.17.